The van der Waals surface area contributed by atoms with Crippen LogP contribution in [0.15, 0.2) is 12.1 Å². The molecule has 0 heterocycles. The first-order valence-corrected chi connectivity index (χ1v) is 8.67. The Kier molecular flexibility index (Phi) is 8.44. The van der Waals surface area contributed by atoms with Gasteiger partial charge in [0.1, 0.15) is 0 Å². The number of benzene rings is 1. The van der Waals surface area contributed by atoms with Gasteiger partial charge in [-0.05, 0) is 49.9 Å². The molecular formula is C19H34N2. The summed E-state index contributed by atoms with van der Waals surface area (Å²) in [7, 11) is 0. The van der Waals surface area contributed by atoms with Crippen molar-refractivity contribution < 1.29 is 0 Å². The van der Waals surface area contributed by atoms with E-state index in [4.69, 9.17) is 5.84 Å². The maximum Gasteiger partial charge on any atom is 0.0549 e. The van der Waals surface area contributed by atoms with Crippen LogP contribution in [0.4, 0.5) is 5.69 Å². The Bertz CT molecular complexity index is 412. The number of hydrazine groups is 1. The third-order valence-corrected chi connectivity index (χ3v) is 4.59. The van der Waals surface area contributed by atoms with Crippen molar-refractivity contribution in [3.8, 4) is 0 Å². The van der Waals surface area contributed by atoms with Crippen molar-refractivity contribution in [2.24, 2.45) is 5.84 Å². The van der Waals surface area contributed by atoms with Gasteiger partial charge in [-0.25, -0.2) is 5.84 Å². The van der Waals surface area contributed by atoms with Gasteiger partial charge in [0.05, 0.1) is 5.69 Å². The number of aryl methyl sites for hydroxylation is 1. The molecule has 0 aromatic heterocycles. The van der Waals surface area contributed by atoms with Gasteiger partial charge in [0, 0.05) is 6.54 Å². The third kappa shape index (κ3) is 6.09. The molecule has 0 aliphatic carbocycles. The molecule has 1 aromatic carbocycles. The minimum atomic E-state index is 0.957. The second-order valence-electron chi connectivity index (χ2n) is 6.32. The summed E-state index contributed by atoms with van der Waals surface area (Å²) >= 11 is 0. The van der Waals surface area contributed by atoms with Gasteiger partial charge in [0.15, 0.2) is 0 Å². The Morgan fingerprint density at radius 1 is 0.810 bits per heavy atom. The highest BCUT2D eigenvalue weighted by Crippen LogP contribution is 2.24. The molecule has 0 spiro atoms. The van der Waals surface area contributed by atoms with Gasteiger partial charge in [-0.3, -0.25) is 0 Å². The number of hydrogen-bond acceptors (Lipinski definition) is 2. The Morgan fingerprint density at radius 3 is 2.00 bits per heavy atom. The minimum Gasteiger partial charge on any atom is -0.311 e. The molecule has 0 aliphatic rings. The largest absolute Gasteiger partial charge is 0.311 e. The van der Waals surface area contributed by atoms with Crippen LogP contribution in [0.25, 0.3) is 0 Å². The lowest BCUT2D eigenvalue weighted by Crippen LogP contribution is -2.32. The predicted octanol–water partition coefficient (Wildman–Crippen LogP) is 5.43. The zero-order valence-electron chi connectivity index (χ0n) is 14.5. The smallest absolute Gasteiger partial charge is 0.0549 e. The first-order valence-electron chi connectivity index (χ1n) is 8.67. The quantitative estimate of drug-likeness (QED) is 0.353. The SMILES string of the molecule is CCCCCCCCCCN(N)c1ccc(C)c(C)c1C. The summed E-state index contributed by atoms with van der Waals surface area (Å²) < 4.78 is 0. The number of anilines is 1. The van der Waals surface area contributed by atoms with Crippen molar-refractivity contribution in [2.75, 3.05) is 11.6 Å². The molecule has 21 heavy (non-hydrogen) atoms. The molecule has 2 nitrogen and oxygen atoms in total. The lowest BCUT2D eigenvalue weighted by atomic mass is 10.0. The average molecular weight is 290 g/mol. The fourth-order valence-electron chi connectivity index (χ4n) is 2.79. The molecule has 0 saturated heterocycles. The zero-order chi connectivity index (χ0) is 15.7. The molecule has 1 rings (SSSR count). The van der Waals surface area contributed by atoms with Gasteiger partial charge in [-0.2, -0.15) is 0 Å². The van der Waals surface area contributed by atoms with Crippen LogP contribution >= 0.6 is 0 Å². The van der Waals surface area contributed by atoms with Gasteiger partial charge in [0.2, 0.25) is 0 Å². The van der Waals surface area contributed by atoms with Gasteiger partial charge >= 0.3 is 0 Å². The van der Waals surface area contributed by atoms with Crippen molar-refractivity contribution in [3.05, 3.63) is 28.8 Å². The van der Waals surface area contributed by atoms with Crippen LogP contribution in [0.1, 0.15) is 75.0 Å². The predicted molar refractivity (Wildman–Crippen MR) is 94.8 cm³/mol. The topological polar surface area (TPSA) is 29.3 Å². The first-order chi connectivity index (χ1) is 10.1. The van der Waals surface area contributed by atoms with Crippen LogP contribution in [0, 0.1) is 20.8 Å². The van der Waals surface area contributed by atoms with Crippen molar-refractivity contribution >= 4 is 5.69 Å². The summed E-state index contributed by atoms with van der Waals surface area (Å²) in [6.45, 7) is 9.73. The summed E-state index contributed by atoms with van der Waals surface area (Å²) in [5.74, 6) is 6.23. The first kappa shape index (κ1) is 18.0. The van der Waals surface area contributed by atoms with E-state index in [0.717, 1.165) is 6.54 Å². The maximum absolute atomic E-state index is 6.23. The van der Waals surface area contributed by atoms with E-state index < -0.39 is 0 Å². The molecule has 0 unspecified atom stereocenters. The van der Waals surface area contributed by atoms with Crippen LogP contribution in [0.3, 0.4) is 0 Å². The average Bonchev–Trinajstić information content (AvgIpc) is 2.47. The Hall–Kier alpha value is -1.02. The lowest BCUT2D eigenvalue weighted by Gasteiger charge is -2.22. The van der Waals surface area contributed by atoms with Crippen LogP contribution < -0.4 is 10.9 Å². The highest BCUT2D eigenvalue weighted by Gasteiger charge is 2.08. The van der Waals surface area contributed by atoms with Crippen molar-refractivity contribution in [1.29, 1.82) is 0 Å². The van der Waals surface area contributed by atoms with E-state index in [0.29, 0.717) is 0 Å². The molecule has 0 fully saturated rings. The molecule has 0 bridgehead atoms. The van der Waals surface area contributed by atoms with Gasteiger partial charge in [-0.15, -0.1) is 0 Å². The standard InChI is InChI=1S/C19H34N2/c1-5-6-7-8-9-10-11-12-15-21(20)19-14-13-16(2)17(3)18(19)4/h13-14H,5-12,15,20H2,1-4H3. The lowest BCUT2D eigenvalue weighted by molar-refractivity contribution is 0.572. The highest BCUT2D eigenvalue weighted by atomic mass is 15.4. The summed E-state index contributed by atoms with van der Waals surface area (Å²) in [5, 5.41) is 1.93. The van der Waals surface area contributed by atoms with Crippen LogP contribution in [0.2, 0.25) is 0 Å². The molecule has 0 aliphatic heterocycles. The van der Waals surface area contributed by atoms with Crippen LogP contribution in [-0.4, -0.2) is 6.54 Å². The van der Waals surface area contributed by atoms with E-state index in [2.05, 4.69) is 39.8 Å². The summed E-state index contributed by atoms with van der Waals surface area (Å²) in [6.07, 6.45) is 10.7. The minimum absolute atomic E-state index is 0.957. The number of hydrogen-bond donors (Lipinski definition) is 1. The van der Waals surface area contributed by atoms with Crippen molar-refractivity contribution in [2.45, 2.75) is 79.1 Å². The molecular weight excluding hydrogens is 256 g/mol. The van der Waals surface area contributed by atoms with E-state index in [1.54, 1.807) is 0 Å². The van der Waals surface area contributed by atoms with Crippen LogP contribution in [0.5, 0.6) is 0 Å². The third-order valence-electron chi connectivity index (χ3n) is 4.59. The number of nitrogens with two attached hydrogens (primary N) is 1. The molecule has 0 saturated carbocycles. The molecule has 1 aromatic rings. The molecule has 120 valence electrons. The number of unbranched alkanes of at least 4 members (excludes halogenated alkanes) is 7. The van der Waals surface area contributed by atoms with Gasteiger partial charge in [-0.1, -0.05) is 57.9 Å². The fraction of sp³-hybridized carbons (Fsp3) is 0.684. The van der Waals surface area contributed by atoms with E-state index in [9.17, 15) is 0 Å². The van der Waals surface area contributed by atoms with E-state index in [-0.39, 0.29) is 0 Å². The maximum atomic E-state index is 6.23. The monoisotopic (exact) mass is 290 g/mol. The number of nitrogens with zero attached hydrogens (tertiary/aromatic N) is 1. The number of rotatable bonds is 10. The normalized spacial score (nSPS) is 10.9. The Balaban J connectivity index is 2.25. The van der Waals surface area contributed by atoms with E-state index in [1.165, 1.54) is 73.7 Å². The second-order valence-corrected chi connectivity index (χ2v) is 6.32. The van der Waals surface area contributed by atoms with Crippen molar-refractivity contribution in [3.63, 3.8) is 0 Å². The summed E-state index contributed by atoms with van der Waals surface area (Å²) in [6, 6.07) is 4.33. The molecule has 0 radical (unpaired) electrons. The molecule has 2 heteroatoms. The highest BCUT2D eigenvalue weighted by molar-refractivity contribution is 5.56. The fourth-order valence-corrected chi connectivity index (χ4v) is 2.79. The van der Waals surface area contributed by atoms with Crippen molar-refractivity contribution in [1.82, 2.24) is 0 Å². The summed E-state index contributed by atoms with van der Waals surface area (Å²) in [5.41, 5.74) is 5.20. The Labute approximate surface area is 131 Å². The van der Waals surface area contributed by atoms with E-state index in [1.807, 2.05) is 5.01 Å². The van der Waals surface area contributed by atoms with Gasteiger partial charge < -0.3 is 5.01 Å². The molecule has 0 atom stereocenters. The van der Waals surface area contributed by atoms with Crippen LogP contribution in [-0.2, 0) is 0 Å². The summed E-state index contributed by atoms with van der Waals surface area (Å²) in [4.78, 5) is 0. The molecule has 0 amide bonds. The molecule has 2 N–H and O–H groups in total. The Morgan fingerprint density at radius 2 is 1.38 bits per heavy atom. The zero-order valence-corrected chi connectivity index (χ0v) is 14.5. The van der Waals surface area contributed by atoms with E-state index >= 15 is 0 Å². The second kappa shape index (κ2) is 9.83. The van der Waals surface area contributed by atoms with Gasteiger partial charge in [0.25, 0.3) is 0 Å².